The fourth-order valence-electron chi connectivity index (χ4n) is 1.23. The SMILES string of the molecule is Cn1cccc1C(=O)NC(C)(C(=O)O)C(F)(F)F. The molecule has 0 aliphatic heterocycles. The number of hydrogen-bond donors (Lipinski definition) is 2. The molecule has 0 fully saturated rings. The van der Waals surface area contributed by atoms with Gasteiger partial charge in [0, 0.05) is 13.2 Å². The Morgan fingerprint density at radius 1 is 1.39 bits per heavy atom. The molecule has 1 amide bonds. The lowest BCUT2D eigenvalue weighted by atomic mass is 10.0. The van der Waals surface area contributed by atoms with E-state index in [1.807, 2.05) is 0 Å². The molecule has 0 aliphatic rings. The van der Waals surface area contributed by atoms with Gasteiger partial charge in [-0.25, -0.2) is 4.79 Å². The number of aliphatic carboxylic acids is 1. The largest absolute Gasteiger partial charge is 0.479 e. The molecule has 1 aromatic rings. The lowest BCUT2D eigenvalue weighted by Crippen LogP contribution is -2.62. The lowest BCUT2D eigenvalue weighted by molar-refractivity contribution is -0.203. The summed E-state index contributed by atoms with van der Waals surface area (Å²) in [7, 11) is 1.46. The van der Waals surface area contributed by atoms with Crippen molar-refractivity contribution < 1.29 is 27.9 Å². The maximum Gasteiger partial charge on any atom is 0.422 e. The van der Waals surface area contributed by atoms with Crippen molar-refractivity contribution in [1.82, 2.24) is 9.88 Å². The topological polar surface area (TPSA) is 71.3 Å². The number of carboxylic acid groups (broad SMARTS) is 1. The fraction of sp³-hybridized carbons (Fsp3) is 0.400. The zero-order valence-electron chi connectivity index (χ0n) is 9.58. The zero-order chi connectivity index (χ0) is 14.1. The summed E-state index contributed by atoms with van der Waals surface area (Å²) in [6.45, 7) is 0.399. The number of carboxylic acids is 1. The monoisotopic (exact) mass is 264 g/mol. The number of halogens is 3. The minimum absolute atomic E-state index is 0.0632. The summed E-state index contributed by atoms with van der Waals surface area (Å²) in [6.07, 6.45) is -3.64. The molecule has 0 spiro atoms. The number of nitrogens with zero attached hydrogens (tertiary/aromatic N) is 1. The molecule has 1 atom stereocenters. The molecule has 0 bridgehead atoms. The van der Waals surface area contributed by atoms with Gasteiger partial charge in [-0.15, -0.1) is 0 Å². The Hall–Kier alpha value is -1.99. The van der Waals surface area contributed by atoms with E-state index >= 15 is 0 Å². The van der Waals surface area contributed by atoms with Crippen molar-refractivity contribution in [2.45, 2.75) is 18.6 Å². The second-order valence-corrected chi connectivity index (χ2v) is 3.89. The predicted molar refractivity (Wildman–Crippen MR) is 55.0 cm³/mol. The molecule has 0 aromatic carbocycles. The van der Waals surface area contributed by atoms with E-state index < -0.39 is 23.6 Å². The van der Waals surface area contributed by atoms with Gasteiger partial charge >= 0.3 is 12.1 Å². The number of hydrogen-bond acceptors (Lipinski definition) is 2. The molecule has 100 valence electrons. The van der Waals surface area contributed by atoms with Gasteiger partial charge in [-0.05, 0) is 19.1 Å². The average Bonchev–Trinajstić information content (AvgIpc) is 2.62. The number of amides is 1. The molecule has 0 aliphatic carbocycles. The molecule has 1 aromatic heterocycles. The minimum Gasteiger partial charge on any atom is -0.479 e. The van der Waals surface area contributed by atoms with E-state index in [2.05, 4.69) is 0 Å². The smallest absolute Gasteiger partial charge is 0.422 e. The average molecular weight is 264 g/mol. The van der Waals surface area contributed by atoms with E-state index in [4.69, 9.17) is 5.11 Å². The van der Waals surface area contributed by atoms with Gasteiger partial charge in [-0.1, -0.05) is 0 Å². The Labute approximate surface area is 100 Å². The Morgan fingerprint density at radius 2 is 1.94 bits per heavy atom. The zero-order valence-corrected chi connectivity index (χ0v) is 9.58. The van der Waals surface area contributed by atoms with Gasteiger partial charge in [0.1, 0.15) is 5.69 Å². The number of aromatic nitrogens is 1. The Bertz CT molecular complexity index is 481. The van der Waals surface area contributed by atoms with Crippen LogP contribution in [0.1, 0.15) is 17.4 Å². The van der Waals surface area contributed by atoms with Crippen molar-refractivity contribution in [3.63, 3.8) is 0 Å². The minimum atomic E-state index is -5.10. The third-order valence-electron chi connectivity index (χ3n) is 2.53. The van der Waals surface area contributed by atoms with Crippen molar-refractivity contribution in [3.8, 4) is 0 Å². The molecular weight excluding hydrogens is 253 g/mol. The van der Waals surface area contributed by atoms with E-state index in [0.29, 0.717) is 6.92 Å². The van der Waals surface area contributed by atoms with Gasteiger partial charge in [0.05, 0.1) is 0 Å². The normalized spacial score (nSPS) is 14.9. The Morgan fingerprint density at radius 3 is 2.28 bits per heavy atom. The molecule has 1 heterocycles. The summed E-state index contributed by atoms with van der Waals surface area (Å²) in [5, 5.41) is 10.1. The van der Waals surface area contributed by atoms with Crippen LogP contribution in [0.25, 0.3) is 0 Å². The van der Waals surface area contributed by atoms with Crippen LogP contribution in [-0.4, -0.2) is 33.3 Å². The molecule has 0 saturated carbocycles. The Kier molecular flexibility index (Phi) is 3.40. The van der Waals surface area contributed by atoms with E-state index in [-0.39, 0.29) is 5.69 Å². The summed E-state index contributed by atoms with van der Waals surface area (Å²) >= 11 is 0. The first-order valence-electron chi connectivity index (χ1n) is 4.83. The lowest BCUT2D eigenvalue weighted by Gasteiger charge is -2.28. The van der Waals surface area contributed by atoms with Crippen LogP contribution in [0, 0.1) is 0 Å². The van der Waals surface area contributed by atoms with Gasteiger partial charge < -0.3 is 15.0 Å². The van der Waals surface area contributed by atoms with E-state index in [0.717, 1.165) is 0 Å². The van der Waals surface area contributed by atoms with Crippen LogP contribution in [0.15, 0.2) is 18.3 Å². The molecule has 1 unspecified atom stereocenters. The molecule has 0 radical (unpaired) electrons. The summed E-state index contributed by atoms with van der Waals surface area (Å²) < 4.78 is 39.3. The number of carbonyl (C=O) groups excluding carboxylic acids is 1. The third-order valence-corrected chi connectivity index (χ3v) is 2.53. The third kappa shape index (κ3) is 2.31. The highest BCUT2D eigenvalue weighted by molar-refractivity contribution is 5.96. The van der Waals surface area contributed by atoms with Crippen molar-refractivity contribution in [3.05, 3.63) is 24.0 Å². The molecular formula is C10H11F3N2O3. The van der Waals surface area contributed by atoms with Crippen molar-refractivity contribution in [2.24, 2.45) is 7.05 Å². The van der Waals surface area contributed by atoms with Crippen LogP contribution >= 0.6 is 0 Å². The number of alkyl halides is 3. The second-order valence-electron chi connectivity index (χ2n) is 3.89. The first-order valence-corrected chi connectivity index (χ1v) is 4.83. The molecule has 18 heavy (non-hydrogen) atoms. The van der Waals surface area contributed by atoms with Crippen LogP contribution in [0.5, 0.6) is 0 Å². The predicted octanol–water partition coefficient (Wildman–Crippen LogP) is 1.16. The van der Waals surface area contributed by atoms with E-state index in [1.54, 1.807) is 0 Å². The second kappa shape index (κ2) is 4.35. The van der Waals surface area contributed by atoms with Crippen LogP contribution < -0.4 is 5.32 Å². The van der Waals surface area contributed by atoms with E-state index in [9.17, 15) is 22.8 Å². The Balaban J connectivity index is 3.04. The summed E-state index contributed by atoms with van der Waals surface area (Å²) in [4.78, 5) is 22.3. The quantitative estimate of drug-likeness (QED) is 0.860. The number of carbonyl (C=O) groups is 2. The molecule has 1 rings (SSSR count). The summed E-state index contributed by atoms with van der Waals surface area (Å²) in [5.74, 6) is -3.28. The molecule has 8 heteroatoms. The van der Waals surface area contributed by atoms with Gasteiger partial charge in [0.2, 0.25) is 5.54 Å². The summed E-state index contributed by atoms with van der Waals surface area (Å²) in [5.41, 5.74) is -3.39. The first kappa shape index (κ1) is 14.1. The van der Waals surface area contributed by atoms with Crippen molar-refractivity contribution in [1.29, 1.82) is 0 Å². The van der Waals surface area contributed by atoms with Crippen molar-refractivity contribution in [2.75, 3.05) is 0 Å². The molecule has 5 nitrogen and oxygen atoms in total. The number of aryl methyl sites for hydroxylation is 1. The van der Waals surface area contributed by atoms with Crippen LogP contribution in [0.2, 0.25) is 0 Å². The molecule has 0 saturated heterocycles. The molecule has 2 N–H and O–H groups in total. The van der Waals surface area contributed by atoms with Gasteiger partial charge in [-0.2, -0.15) is 13.2 Å². The van der Waals surface area contributed by atoms with Crippen LogP contribution in [0.4, 0.5) is 13.2 Å². The highest BCUT2D eigenvalue weighted by atomic mass is 19.4. The number of nitrogens with one attached hydrogen (secondary N) is 1. The standard InChI is InChI=1S/C10H11F3N2O3/c1-9(8(17)18,10(11,12)13)14-7(16)6-4-3-5-15(6)2/h3-5H,1-2H3,(H,14,16)(H,17,18). The summed E-state index contributed by atoms with van der Waals surface area (Å²) in [6, 6.07) is 2.74. The number of rotatable bonds is 3. The highest BCUT2D eigenvalue weighted by Crippen LogP contribution is 2.30. The first-order chi connectivity index (χ1) is 8.09. The highest BCUT2D eigenvalue weighted by Gasteiger charge is 2.58. The van der Waals surface area contributed by atoms with E-state index in [1.165, 1.54) is 35.3 Å². The fourth-order valence-corrected chi connectivity index (χ4v) is 1.23. The van der Waals surface area contributed by atoms with Crippen LogP contribution in [0.3, 0.4) is 0 Å². The van der Waals surface area contributed by atoms with Gasteiger partial charge in [-0.3, -0.25) is 4.79 Å². The van der Waals surface area contributed by atoms with Crippen LogP contribution in [-0.2, 0) is 11.8 Å². The van der Waals surface area contributed by atoms with Gasteiger partial charge in [0.25, 0.3) is 5.91 Å². The van der Waals surface area contributed by atoms with Crippen molar-refractivity contribution >= 4 is 11.9 Å². The maximum absolute atomic E-state index is 12.7. The van der Waals surface area contributed by atoms with Gasteiger partial charge in [0.15, 0.2) is 0 Å². The maximum atomic E-state index is 12.7.